The van der Waals surface area contributed by atoms with Crippen LogP contribution in [0.15, 0.2) is 12.4 Å². The summed E-state index contributed by atoms with van der Waals surface area (Å²) in [5, 5.41) is 17.6. The molecule has 0 aliphatic carbocycles. The predicted molar refractivity (Wildman–Crippen MR) is 94.5 cm³/mol. The third-order valence-electron chi connectivity index (χ3n) is 4.52. The molecular weight excluding hydrogens is 344 g/mol. The average molecular weight is 363 g/mol. The summed E-state index contributed by atoms with van der Waals surface area (Å²) in [5.74, 6) is 0.442. The van der Waals surface area contributed by atoms with Crippen LogP contribution in [0.25, 0.3) is 0 Å². The number of carboxylic acids is 1. The summed E-state index contributed by atoms with van der Waals surface area (Å²) in [6.45, 7) is 8.26. The van der Waals surface area contributed by atoms with Crippen molar-refractivity contribution in [2.24, 2.45) is 0 Å². The van der Waals surface area contributed by atoms with E-state index in [9.17, 15) is 4.79 Å². The van der Waals surface area contributed by atoms with Crippen LogP contribution in [0.4, 0.5) is 11.6 Å². The Kier molecular flexibility index (Phi) is 4.71. The fourth-order valence-corrected chi connectivity index (χ4v) is 3.11. The number of piperazine rings is 1. The molecule has 1 N–H and O–H groups in total. The normalized spacial score (nSPS) is 17.7. The molecule has 2 aromatic heterocycles. The van der Waals surface area contributed by atoms with Gasteiger partial charge in [-0.15, -0.1) is 10.2 Å². The second-order valence-electron chi connectivity index (χ2n) is 6.12. The summed E-state index contributed by atoms with van der Waals surface area (Å²) in [7, 11) is 0. The van der Waals surface area contributed by atoms with Gasteiger partial charge in [0.05, 0.1) is 12.4 Å². The maximum atomic E-state index is 10.9. The van der Waals surface area contributed by atoms with Crippen molar-refractivity contribution in [3.05, 3.63) is 34.4 Å². The van der Waals surface area contributed by atoms with Crippen molar-refractivity contribution in [2.45, 2.75) is 26.8 Å². The quantitative estimate of drug-likeness (QED) is 0.885. The van der Waals surface area contributed by atoms with Gasteiger partial charge in [0.15, 0.2) is 16.7 Å². The maximum Gasteiger partial charge on any atom is 0.356 e. The van der Waals surface area contributed by atoms with Gasteiger partial charge in [-0.3, -0.25) is 0 Å². The minimum absolute atomic E-state index is 0.0578. The molecule has 0 aromatic carbocycles. The topological polar surface area (TPSA) is 95.3 Å². The fraction of sp³-hybridized carbons (Fsp3) is 0.438. The van der Waals surface area contributed by atoms with Crippen LogP contribution >= 0.6 is 11.6 Å². The minimum atomic E-state index is -1.08. The zero-order chi connectivity index (χ0) is 18.1. The van der Waals surface area contributed by atoms with Gasteiger partial charge in [-0.2, -0.15) is 0 Å². The Morgan fingerprint density at radius 1 is 1.20 bits per heavy atom. The van der Waals surface area contributed by atoms with E-state index in [1.165, 1.54) is 12.4 Å². The van der Waals surface area contributed by atoms with Crippen LogP contribution in [-0.2, 0) is 0 Å². The number of aromatic nitrogens is 4. The molecule has 25 heavy (non-hydrogen) atoms. The van der Waals surface area contributed by atoms with Gasteiger partial charge < -0.3 is 14.9 Å². The predicted octanol–water partition coefficient (Wildman–Crippen LogP) is 1.95. The molecule has 8 nitrogen and oxygen atoms in total. The average Bonchev–Trinajstić information content (AvgIpc) is 2.60. The van der Waals surface area contributed by atoms with Crippen LogP contribution in [0.1, 0.15) is 28.5 Å². The van der Waals surface area contributed by atoms with E-state index in [0.29, 0.717) is 11.0 Å². The molecular formula is C16H19ClN6O2. The van der Waals surface area contributed by atoms with E-state index in [1.54, 1.807) is 0 Å². The highest BCUT2D eigenvalue weighted by atomic mass is 35.5. The lowest BCUT2D eigenvalue weighted by Gasteiger charge is -2.41. The lowest BCUT2D eigenvalue weighted by Crippen LogP contribution is -2.53. The van der Waals surface area contributed by atoms with Gasteiger partial charge in [0.1, 0.15) is 5.82 Å². The number of rotatable bonds is 3. The molecule has 0 radical (unpaired) electrons. The largest absolute Gasteiger partial charge is 0.476 e. The summed E-state index contributed by atoms with van der Waals surface area (Å²) in [6, 6.07) is 0.163. The zero-order valence-corrected chi connectivity index (χ0v) is 15.0. The number of carbonyl (C=O) groups is 1. The Morgan fingerprint density at radius 2 is 1.96 bits per heavy atom. The smallest absolute Gasteiger partial charge is 0.356 e. The van der Waals surface area contributed by atoms with Gasteiger partial charge in [0.25, 0.3) is 0 Å². The van der Waals surface area contributed by atoms with Gasteiger partial charge in [-0.25, -0.2) is 14.8 Å². The molecule has 0 saturated carbocycles. The number of aromatic carboxylic acids is 1. The highest BCUT2D eigenvalue weighted by Gasteiger charge is 2.27. The highest BCUT2D eigenvalue weighted by Crippen LogP contribution is 2.26. The summed E-state index contributed by atoms with van der Waals surface area (Å²) >= 11 is 6.03. The van der Waals surface area contributed by atoms with Gasteiger partial charge in [-0.1, -0.05) is 11.6 Å². The maximum absolute atomic E-state index is 10.9. The Bertz CT molecular complexity index is 798. The van der Waals surface area contributed by atoms with E-state index in [4.69, 9.17) is 16.7 Å². The van der Waals surface area contributed by atoms with Crippen molar-refractivity contribution in [1.82, 2.24) is 20.2 Å². The summed E-state index contributed by atoms with van der Waals surface area (Å²) in [6.07, 6.45) is 2.79. The molecule has 9 heteroatoms. The molecule has 1 saturated heterocycles. The molecule has 132 valence electrons. The Labute approximate surface area is 150 Å². The summed E-state index contributed by atoms with van der Waals surface area (Å²) < 4.78 is 0. The number of hydrogen-bond acceptors (Lipinski definition) is 7. The van der Waals surface area contributed by atoms with E-state index in [1.807, 2.05) is 13.8 Å². The summed E-state index contributed by atoms with van der Waals surface area (Å²) in [4.78, 5) is 23.4. The molecule has 0 bridgehead atoms. The first-order valence-electron chi connectivity index (χ1n) is 7.94. The Balaban J connectivity index is 1.76. The third kappa shape index (κ3) is 3.34. The SMILES string of the molecule is Cc1c(Cl)nnc(N2CCN(c3cnc(C(=O)O)cn3)[C@H](C)C2)c1C. The number of hydrogen-bond donors (Lipinski definition) is 1. The summed E-state index contributed by atoms with van der Waals surface area (Å²) in [5.41, 5.74) is 1.92. The van der Waals surface area contributed by atoms with Crippen molar-refractivity contribution >= 4 is 29.2 Å². The fourth-order valence-electron chi connectivity index (χ4n) is 2.93. The van der Waals surface area contributed by atoms with Gasteiger partial charge in [-0.05, 0) is 31.9 Å². The molecule has 1 atom stereocenters. The lowest BCUT2D eigenvalue weighted by molar-refractivity contribution is 0.0690. The molecule has 0 amide bonds. The van der Waals surface area contributed by atoms with Crippen molar-refractivity contribution in [3.63, 3.8) is 0 Å². The second kappa shape index (κ2) is 6.79. The molecule has 3 rings (SSSR count). The molecule has 1 aliphatic rings. The first-order chi connectivity index (χ1) is 11.9. The van der Waals surface area contributed by atoms with Crippen LogP contribution in [0.3, 0.4) is 0 Å². The number of nitrogens with zero attached hydrogens (tertiary/aromatic N) is 6. The Hall–Kier alpha value is -2.48. The molecule has 1 fully saturated rings. The molecule has 0 unspecified atom stereocenters. The molecule has 1 aliphatic heterocycles. The van der Waals surface area contributed by atoms with E-state index in [2.05, 4.69) is 36.9 Å². The standard InChI is InChI=1S/C16H19ClN6O2/c1-9-8-22(15-11(3)10(2)14(17)20-21-15)4-5-23(9)13-7-18-12(6-19-13)16(24)25/h6-7,9H,4-5,8H2,1-3H3,(H,24,25)/t9-/m1/s1. The van der Waals surface area contributed by atoms with E-state index in [0.717, 1.165) is 36.6 Å². The molecule has 0 spiro atoms. The van der Waals surface area contributed by atoms with Crippen LogP contribution < -0.4 is 9.80 Å². The third-order valence-corrected chi connectivity index (χ3v) is 4.88. The van der Waals surface area contributed by atoms with Crippen LogP contribution in [-0.4, -0.2) is 56.9 Å². The zero-order valence-electron chi connectivity index (χ0n) is 14.3. The number of anilines is 2. The first-order valence-corrected chi connectivity index (χ1v) is 8.32. The van der Waals surface area contributed by atoms with E-state index >= 15 is 0 Å². The minimum Gasteiger partial charge on any atom is -0.476 e. The van der Waals surface area contributed by atoms with Gasteiger partial charge in [0.2, 0.25) is 0 Å². The van der Waals surface area contributed by atoms with Crippen molar-refractivity contribution < 1.29 is 9.90 Å². The van der Waals surface area contributed by atoms with E-state index in [-0.39, 0.29) is 11.7 Å². The van der Waals surface area contributed by atoms with Crippen molar-refractivity contribution in [1.29, 1.82) is 0 Å². The second-order valence-corrected chi connectivity index (χ2v) is 6.48. The number of halogens is 1. The molecule has 2 aromatic rings. The van der Waals surface area contributed by atoms with Crippen LogP contribution in [0.2, 0.25) is 5.15 Å². The highest BCUT2D eigenvalue weighted by molar-refractivity contribution is 6.30. The van der Waals surface area contributed by atoms with Gasteiger partial charge >= 0.3 is 5.97 Å². The molecule has 3 heterocycles. The van der Waals surface area contributed by atoms with Gasteiger partial charge in [0, 0.05) is 25.7 Å². The van der Waals surface area contributed by atoms with E-state index < -0.39 is 5.97 Å². The first kappa shape index (κ1) is 17.3. The van der Waals surface area contributed by atoms with Crippen LogP contribution in [0.5, 0.6) is 0 Å². The van der Waals surface area contributed by atoms with Crippen molar-refractivity contribution in [2.75, 3.05) is 29.4 Å². The monoisotopic (exact) mass is 362 g/mol. The van der Waals surface area contributed by atoms with Crippen molar-refractivity contribution in [3.8, 4) is 0 Å². The number of carboxylic acid groups (broad SMARTS) is 1. The van der Waals surface area contributed by atoms with Crippen LogP contribution in [0, 0.1) is 13.8 Å². The Morgan fingerprint density at radius 3 is 2.56 bits per heavy atom. The lowest BCUT2D eigenvalue weighted by atomic mass is 10.1.